The predicted octanol–water partition coefficient (Wildman–Crippen LogP) is 3.00. The minimum absolute atomic E-state index is 0.0309. The van der Waals surface area contributed by atoms with E-state index in [9.17, 15) is 9.59 Å². The number of benzene rings is 1. The van der Waals surface area contributed by atoms with Crippen LogP contribution in [0.3, 0.4) is 0 Å². The zero-order chi connectivity index (χ0) is 15.6. The highest BCUT2D eigenvalue weighted by Gasteiger charge is 2.22. The second-order valence-corrected chi connectivity index (χ2v) is 5.82. The largest absolute Gasteiger partial charge is 0.339 e. The van der Waals surface area contributed by atoms with Crippen LogP contribution in [0.5, 0.6) is 0 Å². The molecule has 5 nitrogen and oxygen atoms in total. The zero-order valence-electron chi connectivity index (χ0n) is 11.9. The van der Waals surface area contributed by atoms with Gasteiger partial charge in [-0.1, -0.05) is 23.2 Å². The van der Waals surface area contributed by atoms with Gasteiger partial charge in [-0.25, -0.2) is 4.79 Å². The molecular formula is C14H17Cl2N3O2. The molecule has 1 N–H and O–H groups in total. The first-order valence-electron chi connectivity index (χ1n) is 6.65. The van der Waals surface area contributed by atoms with E-state index in [0.29, 0.717) is 41.9 Å². The highest BCUT2D eigenvalue weighted by molar-refractivity contribution is 6.36. The standard InChI is InChI=1S/C14H17Cl2N3O2/c1-9-7-12(16)13(8-11(9)15)17-14(21)19-5-3-18(4-6-19)10(2)20/h7-8H,3-6H2,1-2H3,(H,17,21). The number of nitrogens with one attached hydrogen (secondary N) is 1. The highest BCUT2D eigenvalue weighted by atomic mass is 35.5. The molecule has 21 heavy (non-hydrogen) atoms. The summed E-state index contributed by atoms with van der Waals surface area (Å²) in [5.41, 5.74) is 1.35. The van der Waals surface area contributed by atoms with Crippen LogP contribution in [-0.2, 0) is 4.79 Å². The third kappa shape index (κ3) is 3.80. The van der Waals surface area contributed by atoms with Gasteiger partial charge in [-0.15, -0.1) is 0 Å². The molecule has 3 amide bonds. The van der Waals surface area contributed by atoms with Crippen LogP contribution in [0.4, 0.5) is 10.5 Å². The van der Waals surface area contributed by atoms with Gasteiger partial charge in [0.1, 0.15) is 0 Å². The lowest BCUT2D eigenvalue weighted by molar-refractivity contribution is -0.130. The van der Waals surface area contributed by atoms with Gasteiger partial charge in [0.25, 0.3) is 0 Å². The Labute approximate surface area is 133 Å². The van der Waals surface area contributed by atoms with E-state index in [1.807, 2.05) is 6.92 Å². The van der Waals surface area contributed by atoms with E-state index in [4.69, 9.17) is 23.2 Å². The van der Waals surface area contributed by atoms with Crippen LogP contribution in [0.2, 0.25) is 10.0 Å². The van der Waals surface area contributed by atoms with Gasteiger partial charge in [-0.05, 0) is 24.6 Å². The lowest BCUT2D eigenvalue weighted by Gasteiger charge is -2.34. The lowest BCUT2D eigenvalue weighted by Crippen LogP contribution is -2.51. The summed E-state index contributed by atoms with van der Waals surface area (Å²) in [5, 5.41) is 3.76. The fourth-order valence-corrected chi connectivity index (χ4v) is 2.59. The van der Waals surface area contributed by atoms with Gasteiger partial charge in [-0.3, -0.25) is 4.79 Å². The van der Waals surface area contributed by atoms with Gasteiger partial charge in [0.05, 0.1) is 10.7 Å². The second kappa shape index (κ2) is 6.54. The minimum Gasteiger partial charge on any atom is -0.339 e. The van der Waals surface area contributed by atoms with Crippen molar-refractivity contribution >= 4 is 40.8 Å². The Balaban J connectivity index is 2.00. The average Bonchev–Trinajstić information content (AvgIpc) is 2.44. The smallest absolute Gasteiger partial charge is 0.322 e. The lowest BCUT2D eigenvalue weighted by atomic mass is 10.2. The summed E-state index contributed by atoms with van der Waals surface area (Å²) in [5.74, 6) is 0.0309. The summed E-state index contributed by atoms with van der Waals surface area (Å²) in [6.45, 7) is 5.48. The number of urea groups is 1. The first-order valence-corrected chi connectivity index (χ1v) is 7.41. The van der Waals surface area contributed by atoms with E-state index in [1.165, 1.54) is 6.92 Å². The number of anilines is 1. The molecule has 0 spiro atoms. The minimum atomic E-state index is -0.236. The Kier molecular flexibility index (Phi) is 4.96. The number of nitrogens with zero attached hydrogens (tertiary/aromatic N) is 2. The Morgan fingerprint density at radius 2 is 1.62 bits per heavy atom. The predicted molar refractivity (Wildman–Crippen MR) is 84.0 cm³/mol. The molecule has 7 heteroatoms. The van der Waals surface area contributed by atoms with Gasteiger partial charge in [0.2, 0.25) is 5.91 Å². The quantitative estimate of drug-likeness (QED) is 0.861. The number of hydrogen-bond donors (Lipinski definition) is 1. The first kappa shape index (κ1) is 15.9. The van der Waals surface area contributed by atoms with E-state index < -0.39 is 0 Å². The molecule has 0 aromatic heterocycles. The molecule has 1 heterocycles. The van der Waals surface area contributed by atoms with Crippen molar-refractivity contribution in [3.8, 4) is 0 Å². The topological polar surface area (TPSA) is 52.7 Å². The Morgan fingerprint density at radius 1 is 1.05 bits per heavy atom. The number of piperazine rings is 1. The summed E-state index contributed by atoms with van der Waals surface area (Å²) in [6, 6.07) is 3.12. The molecule has 1 aromatic rings. The molecule has 0 radical (unpaired) electrons. The molecule has 114 valence electrons. The van der Waals surface area contributed by atoms with Gasteiger partial charge in [-0.2, -0.15) is 0 Å². The maximum Gasteiger partial charge on any atom is 0.322 e. The van der Waals surface area contributed by atoms with Gasteiger partial charge < -0.3 is 15.1 Å². The van der Waals surface area contributed by atoms with Crippen molar-refractivity contribution in [1.29, 1.82) is 0 Å². The van der Waals surface area contributed by atoms with Gasteiger partial charge in [0.15, 0.2) is 0 Å². The fraction of sp³-hybridized carbons (Fsp3) is 0.429. The second-order valence-electron chi connectivity index (χ2n) is 5.00. The van der Waals surface area contributed by atoms with Gasteiger partial charge in [0, 0.05) is 38.1 Å². The zero-order valence-corrected chi connectivity index (χ0v) is 13.5. The van der Waals surface area contributed by atoms with Crippen LogP contribution in [-0.4, -0.2) is 47.9 Å². The van der Waals surface area contributed by atoms with E-state index in [1.54, 1.807) is 21.9 Å². The van der Waals surface area contributed by atoms with E-state index in [0.717, 1.165) is 5.56 Å². The Morgan fingerprint density at radius 3 is 2.19 bits per heavy atom. The fourth-order valence-electron chi connectivity index (χ4n) is 2.16. The highest BCUT2D eigenvalue weighted by Crippen LogP contribution is 2.29. The van der Waals surface area contributed by atoms with Crippen LogP contribution in [0, 0.1) is 6.92 Å². The number of halogens is 2. The molecule has 0 saturated carbocycles. The average molecular weight is 330 g/mol. The third-order valence-corrected chi connectivity index (χ3v) is 4.22. The molecule has 1 fully saturated rings. The first-order chi connectivity index (χ1) is 9.88. The summed E-state index contributed by atoms with van der Waals surface area (Å²) in [6.07, 6.45) is 0. The molecule has 1 aliphatic rings. The maximum absolute atomic E-state index is 12.2. The van der Waals surface area contributed by atoms with Gasteiger partial charge >= 0.3 is 6.03 Å². The molecule has 1 saturated heterocycles. The van der Waals surface area contributed by atoms with E-state index in [2.05, 4.69) is 5.32 Å². The number of carbonyl (C=O) groups excluding carboxylic acids is 2. The van der Waals surface area contributed by atoms with Crippen LogP contribution < -0.4 is 5.32 Å². The SMILES string of the molecule is CC(=O)N1CCN(C(=O)Nc2cc(Cl)c(C)cc2Cl)CC1. The molecule has 0 aliphatic carbocycles. The van der Waals surface area contributed by atoms with E-state index >= 15 is 0 Å². The van der Waals surface area contributed by atoms with Crippen molar-refractivity contribution in [3.63, 3.8) is 0 Å². The molecule has 2 rings (SSSR count). The number of carbonyl (C=O) groups is 2. The Hall–Kier alpha value is -1.46. The summed E-state index contributed by atoms with van der Waals surface area (Å²) < 4.78 is 0. The molecular weight excluding hydrogens is 313 g/mol. The molecule has 1 aliphatic heterocycles. The maximum atomic E-state index is 12.2. The number of aryl methyl sites for hydroxylation is 1. The Bertz CT molecular complexity index is 570. The third-order valence-electron chi connectivity index (χ3n) is 3.50. The van der Waals surface area contributed by atoms with Crippen LogP contribution in [0.15, 0.2) is 12.1 Å². The summed E-state index contributed by atoms with van der Waals surface area (Å²) in [7, 11) is 0. The van der Waals surface area contributed by atoms with Crippen LogP contribution in [0.25, 0.3) is 0 Å². The number of rotatable bonds is 1. The molecule has 0 unspecified atom stereocenters. The number of amides is 3. The van der Waals surface area contributed by atoms with Crippen molar-refractivity contribution in [2.24, 2.45) is 0 Å². The van der Waals surface area contributed by atoms with Crippen LogP contribution in [0.1, 0.15) is 12.5 Å². The molecule has 0 bridgehead atoms. The summed E-state index contributed by atoms with van der Waals surface area (Å²) >= 11 is 12.1. The molecule has 0 atom stereocenters. The molecule has 1 aromatic carbocycles. The van der Waals surface area contributed by atoms with Crippen molar-refractivity contribution in [2.75, 3.05) is 31.5 Å². The van der Waals surface area contributed by atoms with Crippen molar-refractivity contribution in [3.05, 3.63) is 27.7 Å². The van der Waals surface area contributed by atoms with E-state index in [-0.39, 0.29) is 11.9 Å². The van der Waals surface area contributed by atoms with Crippen LogP contribution >= 0.6 is 23.2 Å². The summed E-state index contributed by atoms with van der Waals surface area (Å²) in [4.78, 5) is 26.8. The normalized spacial score (nSPS) is 15.0. The van der Waals surface area contributed by atoms with Crippen molar-refractivity contribution in [2.45, 2.75) is 13.8 Å². The number of hydrogen-bond acceptors (Lipinski definition) is 2. The van der Waals surface area contributed by atoms with Crippen molar-refractivity contribution < 1.29 is 9.59 Å². The van der Waals surface area contributed by atoms with Crippen molar-refractivity contribution in [1.82, 2.24) is 9.80 Å². The monoisotopic (exact) mass is 329 g/mol.